The normalized spacial score (nSPS) is 10.1. The molecule has 0 unspecified atom stereocenters. The summed E-state index contributed by atoms with van der Waals surface area (Å²) in [5.41, 5.74) is 0. The van der Waals surface area contributed by atoms with E-state index in [9.17, 15) is 4.79 Å². The third kappa shape index (κ3) is 3.05. The lowest BCUT2D eigenvalue weighted by atomic mass is 10.3. The monoisotopic (exact) mass is 265 g/mol. The molecule has 0 bridgehead atoms. The highest BCUT2D eigenvalue weighted by Gasteiger charge is 2.11. The molecule has 0 aliphatic rings. The van der Waals surface area contributed by atoms with Gasteiger partial charge < -0.3 is 14.5 Å². The third-order valence-electron chi connectivity index (χ3n) is 2.16. The number of benzene rings is 1. The zero-order valence-electron chi connectivity index (χ0n) is 9.77. The van der Waals surface area contributed by atoms with E-state index in [-0.39, 0.29) is 17.6 Å². The molecule has 0 spiro atoms. The maximum Gasteiger partial charge on any atom is 0.290 e. The van der Waals surface area contributed by atoms with Crippen LogP contribution in [0, 0.1) is 0 Å². The summed E-state index contributed by atoms with van der Waals surface area (Å²) in [6.07, 6.45) is 0. The van der Waals surface area contributed by atoms with E-state index in [0.717, 1.165) is 0 Å². The van der Waals surface area contributed by atoms with Crippen molar-refractivity contribution < 1.29 is 13.9 Å². The van der Waals surface area contributed by atoms with Gasteiger partial charge in [-0.2, -0.15) is 0 Å². The Kier molecular flexibility index (Phi) is 3.89. The van der Waals surface area contributed by atoms with Crippen LogP contribution in [0.3, 0.4) is 0 Å². The Morgan fingerprint density at radius 3 is 2.94 bits per heavy atom. The summed E-state index contributed by atoms with van der Waals surface area (Å²) in [7, 11) is 0. The van der Waals surface area contributed by atoms with Crippen LogP contribution >= 0.6 is 11.6 Å². The van der Waals surface area contributed by atoms with Gasteiger partial charge in [-0.15, -0.1) is 0 Å². The Morgan fingerprint density at radius 2 is 2.22 bits per heavy atom. The van der Waals surface area contributed by atoms with E-state index < -0.39 is 0 Å². The largest absolute Gasteiger partial charge is 0.426 e. The number of nitrogens with one attached hydrogen (secondary N) is 1. The topological polar surface area (TPSA) is 51.5 Å². The van der Waals surface area contributed by atoms with Gasteiger partial charge in [-0.3, -0.25) is 4.79 Å². The lowest BCUT2D eigenvalue weighted by Crippen LogP contribution is -2.21. The Morgan fingerprint density at radius 1 is 1.39 bits per heavy atom. The molecule has 0 aliphatic carbocycles. The van der Waals surface area contributed by atoms with Crippen LogP contribution in [0.5, 0.6) is 11.7 Å². The van der Waals surface area contributed by atoms with Gasteiger partial charge in [0, 0.05) is 17.6 Å². The van der Waals surface area contributed by atoms with Gasteiger partial charge in [0.2, 0.25) is 0 Å². The van der Waals surface area contributed by atoms with Crippen LogP contribution in [0.25, 0.3) is 0 Å². The molecule has 5 heteroatoms. The number of hydrogen-bond acceptors (Lipinski definition) is 3. The SMILES string of the molecule is CCNC(=O)c1ccc(Oc2cccc(Cl)c2)o1. The minimum atomic E-state index is -0.265. The molecular formula is C13H12ClNO3. The Balaban J connectivity index is 2.09. The molecule has 0 aliphatic heterocycles. The molecule has 0 atom stereocenters. The van der Waals surface area contributed by atoms with Crippen molar-refractivity contribution in [2.75, 3.05) is 6.54 Å². The summed E-state index contributed by atoms with van der Waals surface area (Å²) >= 11 is 5.83. The van der Waals surface area contributed by atoms with Gasteiger partial charge in [0.05, 0.1) is 0 Å². The van der Waals surface area contributed by atoms with E-state index in [1.807, 2.05) is 6.92 Å². The van der Waals surface area contributed by atoms with Crippen molar-refractivity contribution in [2.45, 2.75) is 6.92 Å². The number of carbonyl (C=O) groups excluding carboxylic acids is 1. The van der Waals surface area contributed by atoms with Gasteiger partial charge in [-0.25, -0.2) is 0 Å². The van der Waals surface area contributed by atoms with E-state index in [2.05, 4.69) is 5.32 Å². The molecule has 1 amide bonds. The van der Waals surface area contributed by atoms with Gasteiger partial charge in [0.15, 0.2) is 5.76 Å². The average molecular weight is 266 g/mol. The molecule has 1 aromatic heterocycles. The van der Waals surface area contributed by atoms with Crippen LogP contribution in [0.2, 0.25) is 5.02 Å². The molecule has 1 N–H and O–H groups in total. The Labute approximate surface area is 110 Å². The highest BCUT2D eigenvalue weighted by Crippen LogP contribution is 2.25. The minimum Gasteiger partial charge on any atom is -0.426 e. The minimum absolute atomic E-state index is 0.217. The first-order valence-electron chi connectivity index (χ1n) is 5.50. The molecule has 2 rings (SSSR count). The van der Waals surface area contributed by atoms with Crippen molar-refractivity contribution >= 4 is 17.5 Å². The predicted molar refractivity (Wildman–Crippen MR) is 68.2 cm³/mol. The molecule has 0 saturated carbocycles. The summed E-state index contributed by atoms with van der Waals surface area (Å²) in [5.74, 6) is 0.755. The molecule has 1 aromatic carbocycles. The smallest absolute Gasteiger partial charge is 0.290 e. The molecule has 94 valence electrons. The number of carbonyl (C=O) groups is 1. The second-order valence-electron chi connectivity index (χ2n) is 3.54. The molecule has 4 nitrogen and oxygen atoms in total. The second kappa shape index (κ2) is 5.60. The number of amides is 1. The molecular weight excluding hydrogens is 254 g/mol. The molecule has 0 radical (unpaired) electrons. The maximum absolute atomic E-state index is 11.5. The van der Waals surface area contributed by atoms with E-state index >= 15 is 0 Å². The lowest BCUT2D eigenvalue weighted by molar-refractivity contribution is 0.0923. The molecule has 1 heterocycles. The van der Waals surface area contributed by atoms with Crippen LogP contribution in [-0.4, -0.2) is 12.5 Å². The quantitative estimate of drug-likeness (QED) is 0.921. The standard InChI is InChI=1S/C13H12ClNO3/c1-2-15-13(16)11-6-7-12(18-11)17-10-5-3-4-9(14)8-10/h3-8H,2H2,1H3,(H,15,16). The summed E-state index contributed by atoms with van der Waals surface area (Å²) in [4.78, 5) is 11.5. The molecule has 0 saturated heterocycles. The number of hydrogen-bond donors (Lipinski definition) is 1. The fourth-order valence-corrected chi connectivity index (χ4v) is 1.57. The van der Waals surface area contributed by atoms with E-state index in [1.54, 1.807) is 36.4 Å². The van der Waals surface area contributed by atoms with E-state index in [0.29, 0.717) is 17.3 Å². The van der Waals surface area contributed by atoms with Crippen molar-refractivity contribution in [1.29, 1.82) is 0 Å². The van der Waals surface area contributed by atoms with E-state index in [4.69, 9.17) is 20.8 Å². The molecule has 18 heavy (non-hydrogen) atoms. The van der Waals surface area contributed by atoms with Crippen molar-refractivity contribution in [3.63, 3.8) is 0 Å². The van der Waals surface area contributed by atoms with Gasteiger partial charge in [0.1, 0.15) is 5.75 Å². The van der Waals surface area contributed by atoms with Gasteiger partial charge in [-0.1, -0.05) is 17.7 Å². The van der Waals surface area contributed by atoms with Crippen molar-refractivity contribution in [3.8, 4) is 11.7 Å². The van der Waals surface area contributed by atoms with Gasteiger partial charge in [-0.05, 0) is 31.2 Å². The fourth-order valence-electron chi connectivity index (χ4n) is 1.39. The first-order valence-corrected chi connectivity index (χ1v) is 5.88. The van der Waals surface area contributed by atoms with Crippen LogP contribution < -0.4 is 10.1 Å². The highest BCUT2D eigenvalue weighted by atomic mass is 35.5. The third-order valence-corrected chi connectivity index (χ3v) is 2.39. The number of rotatable bonds is 4. The number of ether oxygens (including phenoxy) is 1. The van der Waals surface area contributed by atoms with Crippen molar-refractivity contribution in [3.05, 3.63) is 47.2 Å². The lowest BCUT2D eigenvalue weighted by Gasteiger charge is -2.02. The average Bonchev–Trinajstić information content (AvgIpc) is 2.78. The highest BCUT2D eigenvalue weighted by molar-refractivity contribution is 6.30. The second-order valence-corrected chi connectivity index (χ2v) is 3.97. The summed E-state index contributed by atoms with van der Waals surface area (Å²) in [6.45, 7) is 2.38. The van der Waals surface area contributed by atoms with Crippen LogP contribution in [-0.2, 0) is 0 Å². The summed E-state index contributed by atoms with van der Waals surface area (Å²) in [5, 5.41) is 3.21. The molecule has 2 aromatic rings. The maximum atomic E-state index is 11.5. The van der Waals surface area contributed by atoms with Gasteiger partial charge in [0.25, 0.3) is 11.9 Å². The van der Waals surface area contributed by atoms with Crippen LogP contribution in [0.15, 0.2) is 40.8 Å². The predicted octanol–water partition coefficient (Wildman–Crippen LogP) is 3.48. The zero-order valence-corrected chi connectivity index (χ0v) is 10.5. The fraction of sp³-hybridized carbons (Fsp3) is 0.154. The van der Waals surface area contributed by atoms with E-state index in [1.165, 1.54) is 0 Å². The Hall–Kier alpha value is -1.94. The zero-order chi connectivity index (χ0) is 13.0. The number of furan rings is 1. The van der Waals surface area contributed by atoms with Gasteiger partial charge >= 0.3 is 0 Å². The molecule has 0 fully saturated rings. The van der Waals surface area contributed by atoms with Crippen LogP contribution in [0.4, 0.5) is 0 Å². The first-order chi connectivity index (χ1) is 8.69. The van der Waals surface area contributed by atoms with Crippen LogP contribution in [0.1, 0.15) is 17.5 Å². The summed E-state index contributed by atoms with van der Waals surface area (Å²) < 4.78 is 10.7. The first kappa shape index (κ1) is 12.5. The van der Waals surface area contributed by atoms with Crippen molar-refractivity contribution in [2.24, 2.45) is 0 Å². The number of halogens is 1. The summed E-state index contributed by atoms with van der Waals surface area (Å²) in [6, 6.07) is 10.1. The Bertz CT molecular complexity index is 551. The van der Waals surface area contributed by atoms with Crippen molar-refractivity contribution in [1.82, 2.24) is 5.32 Å².